The van der Waals surface area contributed by atoms with Gasteiger partial charge in [-0.2, -0.15) is 5.10 Å². The van der Waals surface area contributed by atoms with Crippen LogP contribution in [0.2, 0.25) is 0 Å². The topological polar surface area (TPSA) is 55.6 Å². The van der Waals surface area contributed by atoms with Crippen molar-refractivity contribution in [2.45, 2.75) is 27.2 Å². The zero-order chi connectivity index (χ0) is 13.1. The molecule has 0 fully saturated rings. The highest BCUT2D eigenvalue weighted by molar-refractivity contribution is 5.63. The quantitative estimate of drug-likeness (QED) is 0.898. The molecule has 0 atom stereocenters. The van der Waals surface area contributed by atoms with E-state index in [1.165, 1.54) is 0 Å². The third kappa shape index (κ3) is 2.34. The monoisotopic (exact) mass is 245 g/mol. The molecule has 0 radical (unpaired) electrons. The molecule has 0 bridgehead atoms. The molecule has 5 nitrogen and oxygen atoms in total. The number of aryl methyl sites for hydroxylation is 1. The first-order valence-electron chi connectivity index (χ1n) is 6.21. The Morgan fingerprint density at radius 2 is 2.00 bits per heavy atom. The molecule has 0 aliphatic carbocycles. The fraction of sp³-hybridized carbons (Fsp3) is 0.462. The van der Waals surface area contributed by atoms with Crippen LogP contribution in [0, 0.1) is 13.8 Å². The van der Waals surface area contributed by atoms with Gasteiger partial charge in [-0.05, 0) is 37.5 Å². The average Bonchev–Trinajstić information content (AvgIpc) is 2.78. The van der Waals surface area contributed by atoms with E-state index in [0.717, 1.165) is 41.3 Å². The number of aromatic nitrogens is 4. The summed E-state index contributed by atoms with van der Waals surface area (Å²) in [6.45, 7) is 7.17. The van der Waals surface area contributed by atoms with Gasteiger partial charge in [0.15, 0.2) is 5.82 Å². The first kappa shape index (κ1) is 12.5. The van der Waals surface area contributed by atoms with E-state index in [-0.39, 0.29) is 0 Å². The SMILES string of the molecule is CCCNc1nnc(-c2ccn(C)n2)c(C)c1C. The summed E-state index contributed by atoms with van der Waals surface area (Å²) in [5, 5.41) is 16.2. The maximum absolute atomic E-state index is 4.37. The molecule has 2 heterocycles. The van der Waals surface area contributed by atoms with Gasteiger partial charge in [0, 0.05) is 19.8 Å². The molecule has 5 heteroatoms. The number of nitrogens with zero attached hydrogens (tertiary/aromatic N) is 4. The molecule has 2 aromatic heterocycles. The van der Waals surface area contributed by atoms with Gasteiger partial charge in [0.1, 0.15) is 11.4 Å². The Morgan fingerprint density at radius 3 is 2.61 bits per heavy atom. The van der Waals surface area contributed by atoms with Crippen LogP contribution >= 0.6 is 0 Å². The van der Waals surface area contributed by atoms with Crippen molar-refractivity contribution in [3.63, 3.8) is 0 Å². The highest BCUT2D eigenvalue weighted by Gasteiger charge is 2.12. The second-order valence-electron chi connectivity index (χ2n) is 4.45. The van der Waals surface area contributed by atoms with Gasteiger partial charge in [-0.3, -0.25) is 4.68 Å². The van der Waals surface area contributed by atoms with E-state index in [1.807, 2.05) is 19.3 Å². The van der Waals surface area contributed by atoms with Gasteiger partial charge >= 0.3 is 0 Å². The third-order valence-electron chi connectivity index (χ3n) is 3.02. The van der Waals surface area contributed by atoms with E-state index < -0.39 is 0 Å². The highest BCUT2D eigenvalue weighted by Crippen LogP contribution is 2.24. The summed E-state index contributed by atoms with van der Waals surface area (Å²) in [7, 11) is 1.90. The maximum atomic E-state index is 4.37. The van der Waals surface area contributed by atoms with Crippen LogP contribution in [0.5, 0.6) is 0 Å². The summed E-state index contributed by atoms with van der Waals surface area (Å²) in [6, 6.07) is 1.95. The Labute approximate surface area is 107 Å². The van der Waals surface area contributed by atoms with Gasteiger partial charge in [0.25, 0.3) is 0 Å². The van der Waals surface area contributed by atoms with Gasteiger partial charge in [-0.15, -0.1) is 10.2 Å². The van der Waals surface area contributed by atoms with Crippen LogP contribution < -0.4 is 5.32 Å². The van der Waals surface area contributed by atoms with Crippen LogP contribution in [0.1, 0.15) is 24.5 Å². The van der Waals surface area contributed by atoms with E-state index in [2.05, 4.69) is 41.4 Å². The molecule has 0 aromatic carbocycles. The predicted octanol–water partition coefficient (Wildman–Crippen LogP) is 2.32. The smallest absolute Gasteiger partial charge is 0.151 e. The van der Waals surface area contributed by atoms with Crippen molar-refractivity contribution in [2.75, 3.05) is 11.9 Å². The van der Waals surface area contributed by atoms with Gasteiger partial charge in [-0.1, -0.05) is 6.92 Å². The van der Waals surface area contributed by atoms with Crippen LogP contribution in [-0.4, -0.2) is 26.5 Å². The second-order valence-corrected chi connectivity index (χ2v) is 4.45. The summed E-state index contributed by atoms with van der Waals surface area (Å²) in [5.74, 6) is 0.869. The Hall–Kier alpha value is -1.91. The predicted molar refractivity (Wildman–Crippen MR) is 72.5 cm³/mol. The molecule has 18 heavy (non-hydrogen) atoms. The van der Waals surface area contributed by atoms with Gasteiger partial charge in [0.05, 0.1) is 0 Å². The van der Waals surface area contributed by atoms with Crippen molar-refractivity contribution in [3.05, 3.63) is 23.4 Å². The van der Waals surface area contributed by atoms with E-state index in [0.29, 0.717) is 0 Å². The zero-order valence-corrected chi connectivity index (χ0v) is 11.4. The minimum atomic E-state index is 0.857. The van der Waals surface area contributed by atoms with Crippen molar-refractivity contribution in [1.82, 2.24) is 20.0 Å². The summed E-state index contributed by atoms with van der Waals surface area (Å²) in [6.07, 6.45) is 2.98. The largest absolute Gasteiger partial charge is 0.368 e. The molecule has 0 saturated carbocycles. The van der Waals surface area contributed by atoms with Gasteiger partial charge in [-0.25, -0.2) is 0 Å². The van der Waals surface area contributed by atoms with Crippen LogP contribution in [0.3, 0.4) is 0 Å². The average molecular weight is 245 g/mol. The van der Waals surface area contributed by atoms with Crippen molar-refractivity contribution in [1.29, 1.82) is 0 Å². The van der Waals surface area contributed by atoms with E-state index in [4.69, 9.17) is 0 Å². The molecule has 0 aliphatic heterocycles. The van der Waals surface area contributed by atoms with Gasteiger partial charge in [0.2, 0.25) is 0 Å². The maximum Gasteiger partial charge on any atom is 0.151 e. The van der Waals surface area contributed by atoms with Crippen LogP contribution in [-0.2, 0) is 7.05 Å². The molecule has 96 valence electrons. The lowest BCUT2D eigenvalue weighted by atomic mass is 10.1. The number of rotatable bonds is 4. The fourth-order valence-corrected chi connectivity index (χ4v) is 1.80. The van der Waals surface area contributed by atoms with Crippen molar-refractivity contribution >= 4 is 5.82 Å². The molecule has 0 spiro atoms. The lowest BCUT2D eigenvalue weighted by Crippen LogP contribution is -2.07. The van der Waals surface area contributed by atoms with E-state index >= 15 is 0 Å². The first-order valence-corrected chi connectivity index (χ1v) is 6.21. The lowest BCUT2D eigenvalue weighted by Gasteiger charge is -2.11. The van der Waals surface area contributed by atoms with Crippen molar-refractivity contribution < 1.29 is 0 Å². The Morgan fingerprint density at radius 1 is 1.22 bits per heavy atom. The van der Waals surface area contributed by atoms with Crippen molar-refractivity contribution in [3.8, 4) is 11.4 Å². The van der Waals surface area contributed by atoms with Crippen LogP contribution in [0.25, 0.3) is 11.4 Å². The molecule has 0 amide bonds. The highest BCUT2D eigenvalue weighted by atomic mass is 15.3. The number of nitrogens with one attached hydrogen (secondary N) is 1. The summed E-state index contributed by atoms with van der Waals surface area (Å²) in [5.41, 5.74) is 3.99. The van der Waals surface area contributed by atoms with Crippen LogP contribution in [0.4, 0.5) is 5.82 Å². The first-order chi connectivity index (χ1) is 8.63. The Balaban J connectivity index is 2.37. The molecule has 0 aliphatic rings. The number of hydrogen-bond donors (Lipinski definition) is 1. The fourth-order valence-electron chi connectivity index (χ4n) is 1.80. The Bertz CT molecular complexity index is 544. The van der Waals surface area contributed by atoms with Gasteiger partial charge < -0.3 is 5.32 Å². The standard InChI is InChI=1S/C13H19N5/c1-5-7-14-13-10(3)9(2)12(15-16-13)11-6-8-18(4)17-11/h6,8H,5,7H2,1-4H3,(H,14,16). The third-order valence-corrected chi connectivity index (χ3v) is 3.02. The summed E-state index contributed by atoms with van der Waals surface area (Å²) < 4.78 is 1.77. The Kier molecular flexibility index (Phi) is 3.60. The summed E-state index contributed by atoms with van der Waals surface area (Å²) in [4.78, 5) is 0. The minimum Gasteiger partial charge on any atom is -0.368 e. The molecule has 0 unspecified atom stereocenters. The molecule has 1 N–H and O–H groups in total. The van der Waals surface area contributed by atoms with E-state index in [9.17, 15) is 0 Å². The zero-order valence-electron chi connectivity index (χ0n) is 11.4. The molecule has 0 saturated heterocycles. The number of anilines is 1. The van der Waals surface area contributed by atoms with Crippen LogP contribution in [0.15, 0.2) is 12.3 Å². The molecule has 2 aromatic rings. The number of hydrogen-bond acceptors (Lipinski definition) is 4. The molecule has 2 rings (SSSR count). The lowest BCUT2D eigenvalue weighted by molar-refractivity contribution is 0.768. The van der Waals surface area contributed by atoms with Crippen molar-refractivity contribution in [2.24, 2.45) is 7.05 Å². The molecular weight excluding hydrogens is 226 g/mol. The minimum absolute atomic E-state index is 0.857. The van der Waals surface area contributed by atoms with E-state index in [1.54, 1.807) is 4.68 Å². The molecular formula is C13H19N5. The normalized spacial score (nSPS) is 10.7. The second kappa shape index (κ2) is 5.16. The summed E-state index contributed by atoms with van der Waals surface area (Å²) >= 11 is 0.